The third kappa shape index (κ3) is 3.80. The number of allylic oxidation sites excluding steroid dienone is 1. The number of benzene rings is 4. The molecule has 1 saturated heterocycles. The lowest BCUT2D eigenvalue weighted by Gasteiger charge is -2.39. The highest BCUT2D eigenvalue weighted by atomic mass is 16.6. The van der Waals surface area contributed by atoms with E-state index in [4.69, 9.17) is 0 Å². The highest BCUT2D eigenvalue weighted by Gasteiger charge is 2.70. The minimum atomic E-state index is -1.49. The number of anilines is 2. The number of fused-ring (bicyclic) bond motifs is 6. The summed E-state index contributed by atoms with van der Waals surface area (Å²) in [5.74, 6) is -2.38. The largest absolute Gasteiger partial charge is 0.352 e. The van der Waals surface area contributed by atoms with Crippen molar-refractivity contribution in [3.8, 4) is 0 Å². The SMILES string of the molecule is CC1=C[C@@H]2N(c3ccc(C)cc31)[C@H](C(=O)c1ccc(C)cc1)[C@H](C(=O)c1cccc([N+](=O)[O-])c1)[C@]21C(=O)Nc2ccccc21. The van der Waals surface area contributed by atoms with Crippen LogP contribution in [0, 0.1) is 29.9 Å². The summed E-state index contributed by atoms with van der Waals surface area (Å²) in [7, 11) is 0. The summed E-state index contributed by atoms with van der Waals surface area (Å²) in [6.45, 7) is 5.91. The normalized spacial score (nSPS) is 23.0. The van der Waals surface area contributed by atoms with Gasteiger partial charge in [-0.3, -0.25) is 24.5 Å². The number of nitro groups is 1. The Labute approximate surface area is 254 Å². The van der Waals surface area contributed by atoms with Crippen molar-refractivity contribution in [2.45, 2.75) is 38.3 Å². The fourth-order valence-corrected chi connectivity index (χ4v) is 7.39. The van der Waals surface area contributed by atoms with Crippen LogP contribution in [0.2, 0.25) is 0 Å². The van der Waals surface area contributed by atoms with E-state index in [1.807, 2.05) is 74.2 Å². The molecule has 4 aromatic rings. The molecule has 0 aromatic heterocycles. The van der Waals surface area contributed by atoms with E-state index in [9.17, 15) is 24.5 Å². The van der Waals surface area contributed by atoms with E-state index in [1.165, 1.54) is 24.3 Å². The molecule has 0 saturated carbocycles. The van der Waals surface area contributed by atoms with Crippen molar-refractivity contribution in [1.82, 2.24) is 0 Å². The zero-order valence-electron chi connectivity index (χ0n) is 24.4. The number of carbonyl (C=O) groups is 3. The van der Waals surface area contributed by atoms with Crippen LogP contribution in [-0.2, 0) is 10.2 Å². The van der Waals surface area contributed by atoms with Gasteiger partial charge in [-0.2, -0.15) is 0 Å². The molecule has 3 aliphatic heterocycles. The molecule has 8 nitrogen and oxygen atoms in total. The van der Waals surface area contributed by atoms with Crippen molar-refractivity contribution in [2.75, 3.05) is 10.2 Å². The number of Topliss-reactive ketones (excluding diaryl/α,β-unsaturated/α-hetero) is 2. The zero-order valence-corrected chi connectivity index (χ0v) is 24.4. The molecular formula is C36H29N3O5. The first-order valence-electron chi connectivity index (χ1n) is 14.5. The molecule has 1 N–H and O–H groups in total. The maximum atomic E-state index is 14.9. The number of nitrogens with one attached hydrogen (secondary N) is 1. The second-order valence-corrected chi connectivity index (χ2v) is 11.9. The van der Waals surface area contributed by atoms with E-state index >= 15 is 0 Å². The highest BCUT2D eigenvalue weighted by Crippen LogP contribution is 2.59. The summed E-state index contributed by atoms with van der Waals surface area (Å²) in [4.78, 5) is 57.3. The number of amides is 1. The first-order chi connectivity index (χ1) is 21.1. The number of nitrogens with zero attached hydrogens (tertiary/aromatic N) is 2. The average molecular weight is 584 g/mol. The lowest BCUT2D eigenvalue weighted by Crippen LogP contribution is -2.51. The van der Waals surface area contributed by atoms with Gasteiger partial charge < -0.3 is 10.2 Å². The van der Waals surface area contributed by atoms with Gasteiger partial charge >= 0.3 is 0 Å². The average Bonchev–Trinajstić information content (AvgIpc) is 3.49. The summed E-state index contributed by atoms with van der Waals surface area (Å²) in [6.07, 6.45) is 2.00. The predicted octanol–water partition coefficient (Wildman–Crippen LogP) is 6.46. The molecule has 1 spiro atoms. The zero-order chi connectivity index (χ0) is 30.9. The number of para-hydroxylation sites is 1. The molecule has 44 heavy (non-hydrogen) atoms. The van der Waals surface area contributed by atoms with Gasteiger partial charge in [-0.05, 0) is 50.1 Å². The number of hydrogen-bond acceptors (Lipinski definition) is 6. The molecule has 4 atom stereocenters. The Morgan fingerprint density at radius 2 is 1.57 bits per heavy atom. The van der Waals surface area contributed by atoms with Crippen LogP contribution in [0.4, 0.5) is 17.1 Å². The Balaban J connectivity index is 1.55. The summed E-state index contributed by atoms with van der Waals surface area (Å²) in [6, 6.07) is 24.2. The molecule has 0 radical (unpaired) electrons. The first kappa shape index (κ1) is 27.5. The van der Waals surface area contributed by atoms with E-state index in [1.54, 1.807) is 18.2 Å². The minimum Gasteiger partial charge on any atom is -0.352 e. The molecule has 1 fully saturated rings. The number of rotatable bonds is 5. The topological polar surface area (TPSA) is 110 Å². The van der Waals surface area contributed by atoms with Gasteiger partial charge in [-0.15, -0.1) is 0 Å². The third-order valence-electron chi connectivity index (χ3n) is 9.36. The maximum Gasteiger partial charge on any atom is 0.270 e. The summed E-state index contributed by atoms with van der Waals surface area (Å²) >= 11 is 0. The standard InChI is InChI=1S/C36H29N3O5/c1-20-11-14-23(15-12-20)34(41)32-31(33(40)24-7-6-8-25(19-24)39(43)44)36(27-9-4-5-10-28(27)37-35(36)42)30-18-22(3)26-17-21(2)13-16-29(26)38(30)32/h4-19,30-32H,1-3H3,(H,37,42)/t30-,31+,32-,36+/m0/s1. The smallest absolute Gasteiger partial charge is 0.270 e. The number of ketones is 2. The molecule has 7 rings (SSSR count). The monoisotopic (exact) mass is 583 g/mol. The molecule has 8 heteroatoms. The van der Waals surface area contributed by atoms with Crippen LogP contribution >= 0.6 is 0 Å². The number of non-ortho nitro benzene ring substituents is 1. The number of aryl methyl sites for hydroxylation is 2. The fourth-order valence-electron chi connectivity index (χ4n) is 7.39. The lowest BCUT2D eigenvalue weighted by molar-refractivity contribution is -0.384. The maximum absolute atomic E-state index is 14.9. The molecule has 3 aliphatic rings. The molecule has 0 unspecified atom stereocenters. The van der Waals surface area contributed by atoms with E-state index in [0.717, 1.165) is 28.0 Å². The van der Waals surface area contributed by atoms with Crippen LogP contribution in [0.1, 0.15) is 49.9 Å². The molecule has 1 amide bonds. The number of nitro benzene ring substituents is 1. The Morgan fingerprint density at radius 3 is 2.32 bits per heavy atom. The van der Waals surface area contributed by atoms with Gasteiger partial charge in [0.25, 0.3) is 5.69 Å². The van der Waals surface area contributed by atoms with E-state index in [0.29, 0.717) is 16.8 Å². The van der Waals surface area contributed by atoms with E-state index in [2.05, 4.69) is 11.4 Å². The minimum absolute atomic E-state index is 0.0761. The van der Waals surface area contributed by atoms with Crippen molar-refractivity contribution >= 4 is 40.1 Å². The van der Waals surface area contributed by atoms with Crippen molar-refractivity contribution in [2.24, 2.45) is 5.92 Å². The third-order valence-corrected chi connectivity index (χ3v) is 9.36. The van der Waals surface area contributed by atoms with Crippen LogP contribution in [0.15, 0.2) is 97.1 Å². The second-order valence-electron chi connectivity index (χ2n) is 11.9. The van der Waals surface area contributed by atoms with Gasteiger partial charge in [0.05, 0.1) is 16.9 Å². The Kier molecular flexibility index (Phi) is 6.14. The molecular weight excluding hydrogens is 554 g/mol. The molecule has 218 valence electrons. The molecule has 0 aliphatic carbocycles. The quantitative estimate of drug-likeness (QED) is 0.164. The van der Waals surface area contributed by atoms with Crippen LogP contribution < -0.4 is 10.2 Å². The van der Waals surface area contributed by atoms with Crippen molar-refractivity contribution < 1.29 is 19.3 Å². The van der Waals surface area contributed by atoms with E-state index < -0.39 is 34.1 Å². The van der Waals surface area contributed by atoms with Gasteiger partial charge in [-0.1, -0.05) is 77.9 Å². The van der Waals surface area contributed by atoms with E-state index in [-0.39, 0.29) is 22.9 Å². The number of carbonyl (C=O) groups excluding carboxylic acids is 3. The van der Waals surface area contributed by atoms with Gasteiger partial charge in [0.2, 0.25) is 5.91 Å². The van der Waals surface area contributed by atoms with Crippen LogP contribution in [-0.4, -0.2) is 34.5 Å². The first-order valence-corrected chi connectivity index (χ1v) is 14.5. The Morgan fingerprint density at radius 1 is 0.841 bits per heavy atom. The summed E-state index contributed by atoms with van der Waals surface area (Å²) < 4.78 is 0. The molecule has 3 heterocycles. The van der Waals surface area contributed by atoms with Crippen molar-refractivity contribution in [3.05, 3.63) is 141 Å². The lowest BCUT2D eigenvalue weighted by atomic mass is 9.64. The van der Waals surface area contributed by atoms with Crippen molar-refractivity contribution in [3.63, 3.8) is 0 Å². The van der Waals surface area contributed by atoms with Crippen LogP contribution in [0.5, 0.6) is 0 Å². The summed E-state index contributed by atoms with van der Waals surface area (Å²) in [5, 5.41) is 14.7. The van der Waals surface area contributed by atoms with Crippen molar-refractivity contribution in [1.29, 1.82) is 0 Å². The van der Waals surface area contributed by atoms with Gasteiger partial charge in [0.15, 0.2) is 11.6 Å². The molecule has 4 aromatic carbocycles. The van der Waals surface area contributed by atoms with Crippen LogP contribution in [0.25, 0.3) is 5.57 Å². The summed E-state index contributed by atoms with van der Waals surface area (Å²) in [5.41, 5.74) is 4.61. The van der Waals surface area contributed by atoms with Gasteiger partial charge in [0.1, 0.15) is 11.5 Å². The Bertz CT molecular complexity index is 1950. The molecule has 0 bridgehead atoms. The number of hydrogen-bond donors (Lipinski definition) is 1. The predicted molar refractivity (Wildman–Crippen MR) is 168 cm³/mol. The van der Waals surface area contributed by atoms with Gasteiger partial charge in [-0.25, -0.2) is 0 Å². The fraction of sp³-hybridized carbons (Fsp3) is 0.194. The second kappa shape index (κ2) is 9.84. The van der Waals surface area contributed by atoms with Gasteiger partial charge in [0, 0.05) is 40.2 Å². The highest BCUT2D eigenvalue weighted by molar-refractivity contribution is 6.18. The Hall–Kier alpha value is -5.37. The van der Waals surface area contributed by atoms with Crippen LogP contribution in [0.3, 0.4) is 0 Å².